The minimum absolute atomic E-state index is 0.00318. The van der Waals surface area contributed by atoms with E-state index in [0.29, 0.717) is 32.6 Å². The number of hydrogen-bond donors (Lipinski definition) is 2. The molecular formula is C22H25FN2O4S. The van der Waals surface area contributed by atoms with Gasteiger partial charge >= 0.3 is 0 Å². The molecule has 1 aliphatic heterocycles. The second-order valence-corrected chi connectivity index (χ2v) is 9.72. The van der Waals surface area contributed by atoms with Crippen LogP contribution in [0.1, 0.15) is 41.6 Å². The average molecular weight is 433 g/mol. The quantitative estimate of drug-likeness (QED) is 0.705. The molecule has 0 atom stereocenters. The Labute approximate surface area is 175 Å². The second kappa shape index (κ2) is 8.45. The van der Waals surface area contributed by atoms with E-state index in [-0.39, 0.29) is 33.6 Å². The molecule has 1 heterocycles. The minimum atomic E-state index is -3.63. The van der Waals surface area contributed by atoms with Gasteiger partial charge in [0, 0.05) is 36.8 Å². The Morgan fingerprint density at radius 3 is 2.47 bits per heavy atom. The molecule has 2 aromatic carbocycles. The summed E-state index contributed by atoms with van der Waals surface area (Å²) in [5, 5.41) is 2.95. The molecule has 2 fully saturated rings. The number of carbonyl (C=O) groups is 1. The van der Waals surface area contributed by atoms with E-state index in [2.05, 4.69) is 10.0 Å². The van der Waals surface area contributed by atoms with Crippen molar-refractivity contribution >= 4 is 15.9 Å². The molecule has 1 saturated carbocycles. The van der Waals surface area contributed by atoms with Gasteiger partial charge in [0.1, 0.15) is 5.82 Å². The van der Waals surface area contributed by atoms with Crippen molar-refractivity contribution in [3.8, 4) is 0 Å². The van der Waals surface area contributed by atoms with E-state index in [1.807, 2.05) is 0 Å². The summed E-state index contributed by atoms with van der Waals surface area (Å²) in [6.45, 7) is 1.49. The van der Waals surface area contributed by atoms with Crippen LogP contribution in [0.5, 0.6) is 0 Å². The monoisotopic (exact) mass is 432 g/mol. The van der Waals surface area contributed by atoms with Gasteiger partial charge in [0.2, 0.25) is 10.0 Å². The molecule has 160 valence electrons. The summed E-state index contributed by atoms with van der Waals surface area (Å²) >= 11 is 0. The zero-order valence-electron chi connectivity index (χ0n) is 16.6. The highest BCUT2D eigenvalue weighted by molar-refractivity contribution is 7.89. The van der Waals surface area contributed by atoms with Gasteiger partial charge in [-0.2, -0.15) is 0 Å². The minimum Gasteiger partial charge on any atom is -0.381 e. The van der Waals surface area contributed by atoms with Gasteiger partial charge in [-0.15, -0.1) is 0 Å². The third-order valence-electron chi connectivity index (χ3n) is 5.80. The summed E-state index contributed by atoms with van der Waals surface area (Å²) in [5.41, 5.74) is 0.895. The van der Waals surface area contributed by atoms with Gasteiger partial charge in [0.25, 0.3) is 5.91 Å². The fourth-order valence-electron chi connectivity index (χ4n) is 3.78. The zero-order chi connectivity index (χ0) is 21.2. The first kappa shape index (κ1) is 21.0. The van der Waals surface area contributed by atoms with Crippen LogP contribution >= 0.6 is 0 Å². The van der Waals surface area contributed by atoms with Crippen molar-refractivity contribution in [2.45, 2.75) is 42.0 Å². The van der Waals surface area contributed by atoms with Gasteiger partial charge in [0.05, 0.1) is 4.90 Å². The van der Waals surface area contributed by atoms with Crippen LogP contribution in [0.3, 0.4) is 0 Å². The molecule has 6 nitrogen and oxygen atoms in total. The Morgan fingerprint density at radius 1 is 1.10 bits per heavy atom. The molecule has 30 heavy (non-hydrogen) atoms. The third kappa shape index (κ3) is 4.71. The number of carbonyl (C=O) groups excluding carboxylic acids is 1. The summed E-state index contributed by atoms with van der Waals surface area (Å²) in [6.07, 6.45) is 3.10. The van der Waals surface area contributed by atoms with Crippen molar-refractivity contribution in [3.63, 3.8) is 0 Å². The molecule has 1 amide bonds. The molecule has 2 aliphatic rings. The van der Waals surface area contributed by atoms with Gasteiger partial charge < -0.3 is 10.1 Å². The largest absolute Gasteiger partial charge is 0.381 e. The van der Waals surface area contributed by atoms with E-state index in [4.69, 9.17) is 4.74 Å². The number of benzene rings is 2. The van der Waals surface area contributed by atoms with Crippen molar-refractivity contribution < 1.29 is 22.3 Å². The van der Waals surface area contributed by atoms with Gasteiger partial charge in [0.15, 0.2) is 0 Å². The number of halogens is 1. The van der Waals surface area contributed by atoms with Crippen molar-refractivity contribution in [3.05, 3.63) is 65.5 Å². The molecule has 4 rings (SSSR count). The predicted molar refractivity (Wildman–Crippen MR) is 110 cm³/mol. The molecule has 0 unspecified atom stereocenters. The van der Waals surface area contributed by atoms with Crippen LogP contribution in [0.4, 0.5) is 4.39 Å². The van der Waals surface area contributed by atoms with Crippen molar-refractivity contribution in [1.29, 1.82) is 0 Å². The first-order valence-electron chi connectivity index (χ1n) is 10.1. The highest BCUT2D eigenvalue weighted by Crippen LogP contribution is 2.34. The van der Waals surface area contributed by atoms with Gasteiger partial charge in [-0.3, -0.25) is 4.79 Å². The summed E-state index contributed by atoms with van der Waals surface area (Å²) in [7, 11) is -3.63. The molecule has 0 radical (unpaired) electrons. The van der Waals surface area contributed by atoms with Gasteiger partial charge in [-0.05, 0) is 61.6 Å². The van der Waals surface area contributed by atoms with Crippen LogP contribution in [-0.2, 0) is 20.2 Å². The van der Waals surface area contributed by atoms with Gasteiger partial charge in [-0.25, -0.2) is 17.5 Å². The Balaban J connectivity index is 1.50. The smallest absolute Gasteiger partial charge is 0.251 e. The Hall–Kier alpha value is -2.29. The first-order chi connectivity index (χ1) is 14.4. The van der Waals surface area contributed by atoms with E-state index in [1.54, 1.807) is 24.3 Å². The lowest BCUT2D eigenvalue weighted by molar-refractivity contribution is 0.0487. The average Bonchev–Trinajstić information content (AvgIpc) is 3.56. The third-order valence-corrected chi connectivity index (χ3v) is 7.32. The molecule has 2 aromatic rings. The number of rotatable bonds is 7. The summed E-state index contributed by atoms with van der Waals surface area (Å²) in [4.78, 5) is 12.9. The van der Waals surface area contributed by atoms with Crippen LogP contribution in [0.2, 0.25) is 0 Å². The van der Waals surface area contributed by atoms with Crippen LogP contribution in [0, 0.1) is 5.82 Å². The van der Waals surface area contributed by atoms with Crippen molar-refractivity contribution in [2.24, 2.45) is 0 Å². The number of hydrogen-bond acceptors (Lipinski definition) is 4. The zero-order valence-corrected chi connectivity index (χ0v) is 17.4. The molecule has 0 aromatic heterocycles. The Bertz CT molecular complexity index is 1010. The lowest BCUT2D eigenvalue weighted by Crippen LogP contribution is -2.44. The van der Waals surface area contributed by atoms with E-state index in [9.17, 15) is 17.6 Å². The molecule has 8 heteroatoms. The maximum atomic E-state index is 13.4. The molecule has 1 saturated heterocycles. The number of amides is 1. The van der Waals surface area contributed by atoms with E-state index < -0.39 is 10.0 Å². The van der Waals surface area contributed by atoms with Crippen LogP contribution in [0.25, 0.3) is 0 Å². The molecule has 0 bridgehead atoms. The summed E-state index contributed by atoms with van der Waals surface area (Å²) < 4.78 is 46.4. The molecule has 2 N–H and O–H groups in total. The highest BCUT2D eigenvalue weighted by Gasteiger charge is 2.35. The Kier molecular flexibility index (Phi) is 5.90. The summed E-state index contributed by atoms with van der Waals surface area (Å²) in [6, 6.07) is 12.4. The topological polar surface area (TPSA) is 84.5 Å². The highest BCUT2D eigenvalue weighted by atomic mass is 32.2. The second-order valence-electron chi connectivity index (χ2n) is 8.01. The number of ether oxygens (including phenoxy) is 1. The number of nitrogens with one attached hydrogen (secondary N) is 2. The fraction of sp³-hybridized carbons (Fsp3) is 0.409. The van der Waals surface area contributed by atoms with E-state index in [1.165, 1.54) is 24.3 Å². The van der Waals surface area contributed by atoms with Crippen molar-refractivity contribution in [2.75, 3.05) is 19.8 Å². The number of sulfonamides is 1. The maximum Gasteiger partial charge on any atom is 0.251 e. The van der Waals surface area contributed by atoms with Crippen LogP contribution in [0.15, 0.2) is 53.4 Å². The van der Waals surface area contributed by atoms with E-state index >= 15 is 0 Å². The fourth-order valence-corrected chi connectivity index (χ4v) is 5.13. The van der Waals surface area contributed by atoms with Crippen LogP contribution < -0.4 is 10.0 Å². The lowest BCUT2D eigenvalue weighted by Gasteiger charge is -2.38. The van der Waals surface area contributed by atoms with E-state index in [0.717, 1.165) is 18.4 Å². The van der Waals surface area contributed by atoms with Crippen LogP contribution in [-0.4, -0.2) is 40.1 Å². The SMILES string of the molecule is O=C(NCC1(c2ccc(F)cc2)CCOCC1)c1cccc(S(=O)(=O)NC2CC2)c1. The normalized spacial score (nSPS) is 18.7. The van der Waals surface area contributed by atoms with Gasteiger partial charge in [-0.1, -0.05) is 18.2 Å². The molecular weight excluding hydrogens is 407 g/mol. The standard InChI is InChI=1S/C22H25FN2O4S/c23-18-6-4-17(5-7-18)22(10-12-29-13-11-22)15-24-21(26)16-2-1-3-20(14-16)30(27,28)25-19-8-9-19/h1-7,14,19,25H,8-13,15H2,(H,24,26). The summed E-state index contributed by atoms with van der Waals surface area (Å²) in [5.74, 6) is -0.644. The predicted octanol–water partition coefficient (Wildman–Crippen LogP) is 2.74. The Morgan fingerprint density at radius 2 is 1.80 bits per heavy atom. The maximum absolute atomic E-state index is 13.4. The lowest BCUT2D eigenvalue weighted by atomic mass is 9.74. The van der Waals surface area contributed by atoms with Crippen molar-refractivity contribution in [1.82, 2.24) is 10.0 Å². The molecule has 0 spiro atoms. The first-order valence-corrected chi connectivity index (χ1v) is 11.6. The molecule has 1 aliphatic carbocycles.